The lowest BCUT2D eigenvalue weighted by molar-refractivity contribution is 0.0599. The number of aryl methyl sites for hydroxylation is 1. The van der Waals surface area contributed by atoms with Crippen molar-refractivity contribution in [3.05, 3.63) is 94.2 Å². The molecule has 6 rings (SSSR count). The number of carbonyl (C=O) groups is 2. The highest BCUT2D eigenvalue weighted by molar-refractivity contribution is 5.90. The van der Waals surface area contributed by atoms with E-state index in [-0.39, 0.29) is 17.4 Å². The van der Waals surface area contributed by atoms with Crippen molar-refractivity contribution in [1.82, 2.24) is 33.6 Å². The molecule has 0 bridgehead atoms. The predicted octanol–water partition coefficient (Wildman–Crippen LogP) is 3.22. The van der Waals surface area contributed by atoms with Gasteiger partial charge >= 0.3 is 17.6 Å². The Kier molecular flexibility index (Phi) is 6.91. The molecule has 0 amide bonds. The average molecular weight is 568 g/mol. The molecule has 12 heteroatoms. The molecule has 5 aromatic rings. The van der Waals surface area contributed by atoms with Gasteiger partial charge in [0, 0.05) is 31.9 Å². The molecule has 1 atom stereocenters. The van der Waals surface area contributed by atoms with Crippen LogP contribution < -0.4 is 5.69 Å². The van der Waals surface area contributed by atoms with E-state index >= 15 is 0 Å². The van der Waals surface area contributed by atoms with Crippen LogP contribution in [-0.2, 0) is 18.3 Å². The number of carboxylic acid groups (broad SMARTS) is 1. The van der Waals surface area contributed by atoms with Crippen molar-refractivity contribution in [1.29, 1.82) is 0 Å². The number of carbonyl (C=O) groups excluding carboxylic acids is 1. The van der Waals surface area contributed by atoms with Gasteiger partial charge in [-0.3, -0.25) is 19.0 Å². The van der Waals surface area contributed by atoms with Crippen LogP contribution in [0.25, 0.3) is 28.1 Å². The number of esters is 1. The van der Waals surface area contributed by atoms with E-state index in [9.17, 15) is 19.5 Å². The molecule has 0 radical (unpaired) electrons. The van der Waals surface area contributed by atoms with Gasteiger partial charge in [-0.2, -0.15) is 0 Å². The van der Waals surface area contributed by atoms with Crippen molar-refractivity contribution in [2.24, 2.45) is 7.05 Å². The van der Waals surface area contributed by atoms with Gasteiger partial charge in [-0.1, -0.05) is 6.07 Å². The molecule has 1 aromatic carbocycles. The van der Waals surface area contributed by atoms with Crippen LogP contribution in [0.4, 0.5) is 0 Å². The molecule has 12 nitrogen and oxygen atoms in total. The molecule has 0 unspecified atom stereocenters. The predicted molar refractivity (Wildman–Crippen MR) is 154 cm³/mol. The first kappa shape index (κ1) is 27.1. The van der Waals surface area contributed by atoms with Crippen molar-refractivity contribution in [2.45, 2.75) is 25.9 Å². The van der Waals surface area contributed by atoms with Gasteiger partial charge < -0.3 is 14.4 Å². The Morgan fingerprint density at radius 1 is 1.10 bits per heavy atom. The number of fused-ring (bicyclic) bond motifs is 1. The maximum atomic E-state index is 13.9. The minimum absolute atomic E-state index is 0.112. The Morgan fingerprint density at radius 2 is 1.93 bits per heavy atom. The molecule has 1 N–H and O–H groups in total. The zero-order valence-electron chi connectivity index (χ0n) is 23.4. The summed E-state index contributed by atoms with van der Waals surface area (Å²) in [7, 11) is 3.04. The largest absolute Gasteiger partial charge is 0.477 e. The minimum Gasteiger partial charge on any atom is -0.477 e. The molecule has 214 valence electrons. The first-order valence-corrected chi connectivity index (χ1v) is 13.5. The number of ether oxygens (including phenoxy) is 1. The smallest absolute Gasteiger partial charge is 0.354 e. The summed E-state index contributed by atoms with van der Waals surface area (Å²) >= 11 is 0. The number of aromatic carboxylic acids is 1. The fourth-order valence-corrected chi connectivity index (χ4v) is 5.66. The Bertz CT molecular complexity index is 1890. The van der Waals surface area contributed by atoms with E-state index in [1.807, 2.05) is 31.2 Å². The van der Waals surface area contributed by atoms with Crippen molar-refractivity contribution >= 4 is 23.1 Å². The monoisotopic (exact) mass is 567 g/mol. The van der Waals surface area contributed by atoms with Crippen molar-refractivity contribution in [3.63, 3.8) is 0 Å². The maximum absolute atomic E-state index is 13.9. The third-order valence-corrected chi connectivity index (χ3v) is 7.84. The Hall–Kier alpha value is -5.10. The highest BCUT2D eigenvalue weighted by Crippen LogP contribution is 2.28. The second-order valence-corrected chi connectivity index (χ2v) is 10.4. The van der Waals surface area contributed by atoms with Gasteiger partial charge in [0.05, 0.1) is 54.6 Å². The van der Waals surface area contributed by atoms with E-state index in [1.54, 1.807) is 51.3 Å². The number of hydrogen-bond donors (Lipinski definition) is 1. The molecule has 4 aromatic heterocycles. The number of carboxylic acids is 1. The fourth-order valence-electron chi connectivity index (χ4n) is 5.66. The van der Waals surface area contributed by atoms with Crippen molar-refractivity contribution in [2.75, 3.05) is 20.2 Å². The quantitative estimate of drug-likeness (QED) is 0.294. The lowest BCUT2D eigenvalue weighted by Crippen LogP contribution is -2.29. The topological polar surface area (TPSA) is 137 Å². The highest BCUT2D eigenvalue weighted by Gasteiger charge is 2.30. The van der Waals surface area contributed by atoms with Crippen LogP contribution in [0.3, 0.4) is 0 Å². The molecule has 0 aliphatic carbocycles. The van der Waals surface area contributed by atoms with Gasteiger partial charge in [0.1, 0.15) is 11.5 Å². The summed E-state index contributed by atoms with van der Waals surface area (Å²) in [4.78, 5) is 52.9. The summed E-state index contributed by atoms with van der Waals surface area (Å²) in [6.45, 7) is 3.72. The number of rotatable bonds is 7. The Morgan fingerprint density at radius 3 is 2.62 bits per heavy atom. The fraction of sp³-hybridized carbons (Fsp3) is 0.267. The van der Waals surface area contributed by atoms with Gasteiger partial charge in [0.2, 0.25) is 0 Å². The highest BCUT2D eigenvalue weighted by atomic mass is 16.5. The standard InChI is InChI=1S/C30H29N7O5/c1-18-13-19(29(40)42-3)6-8-22(18)23-9-7-20(14-32-23)36-24-5-4-11-31-27(24)37(30(36)41)21-10-12-35(16-21)17-26-33-15-25(28(38)39)34(26)2/h4-9,11,13-15,21H,10,12,16-17H2,1-3H3,(H,38,39)/t21-/m0/s1. The molecule has 1 fully saturated rings. The lowest BCUT2D eigenvalue weighted by atomic mass is 10.0. The van der Waals surface area contributed by atoms with Gasteiger partial charge in [-0.05, 0) is 55.3 Å². The number of methoxy groups -OCH3 is 1. The zero-order chi connectivity index (χ0) is 29.5. The molecule has 0 saturated carbocycles. The number of pyridine rings is 2. The molecule has 5 heterocycles. The minimum atomic E-state index is -1.02. The van der Waals surface area contributed by atoms with Crippen LogP contribution in [0.2, 0.25) is 0 Å². The first-order valence-electron chi connectivity index (χ1n) is 13.5. The number of nitrogens with zero attached hydrogens (tertiary/aromatic N) is 7. The molecular weight excluding hydrogens is 538 g/mol. The molecule has 42 heavy (non-hydrogen) atoms. The molecule has 1 aliphatic heterocycles. The number of likely N-dealkylation sites (tertiary alicyclic amines) is 1. The SMILES string of the molecule is COC(=O)c1ccc(-c2ccc(-n3c(=O)n([C@H]4CCN(Cc5ncc(C(=O)O)n5C)C4)c4ncccc43)cn2)c(C)c1. The number of aromatic nitrogens is 6. The summed E-state index contributed by atoms with van der Waals surface area (Å²) in [5.74, 6) is -0.760. The number of imidazole rings is 2. The number of hydrogen-bond acceptors (Lipinski definition) is 8. The van der Waals surface area contributed by atoms with Gasteiger partial charge in [-0.25, -0.2) is 24.4 Å². The summed E-state index contributed by atoms with van der Waals surface area (Å²) in [5.41, 5.74) is 4.78. The number of benzene rings is 1. The Balaban J connectivity index is 1.29. The van der Waals surface area contributed by atoms with Gasteiger partial charge in [0.15, 0.2) is 5.65 Å². The lowest BCUT2D eigenvalue weighted by Gasteiger charge is -2.16. The molecule has 0 spiro atoms. The van der Waals surface area contributed by atoms with Crippen LogP contribution >= 0.6 is 0 Å². The van der Waals surface area contributed by atoms with E-state index in [1.165, 1.54) is 13.3 Å². The Labute approximate surface area is 240 Å². The normalized spacial score (nSPS) is 15.4. The molecule has 1 aliphatic rings. The van der Waals surface area contributed by atoms with E-state index < -0.39 is 11.9 Å². The zero-order valence-corrected chi connectivity index (χ0v) is 23.4. The van der Waals surface area contributed by atoms with E-state index in [2.05, 4.69) is 19.9 Å². The van der Waals surface area contributed by atoms with Crippen LogP contribution in [-0.4, -0.2) is 70.8 Å². The molecular formula is C30H29N7O5. The maximum Gasteiger partial charge on any atom is 0.354 e. The summed E-state index contributed by atoms with van der Waals surface area (Å²) in [6.07, 6.45) is 5.46. The second-order valence-electron chi connectivity index (χ2n) is 10.4. The summed E-state index contributed by atoms with van der Waals surface area (Å²) in [5, 5.41) is 9.34. The van der Waals surface area contributed by atoms with Crippen molar-refractivity contribution in [3.8, 4) is 16.9 Å². The van der Waals surface area contributed by atoms with Crippen molar-refractivity contribution < 1.29 is 19.4 Å². The van der Waals surface area contributed by atoms with Crippen LogP contribution in [0.5, 0.6) is 0 Å². The van der Waals surface area contributed by atoms with Gasteiger partial charge in [0.25, 0.3) is 0 Å². The van der Waals surface area contributed by atoms with Gasteiger partial charge in [-0.15, -0.1) is 0 Å². The first-order chi connectivity index (χ1) is 20.3. The second kappa shape index (κ2) is 10.7. The van der Waals surface area contributed by atoms with Crippen LogP contribution in [0.1, 0.15) is 44.7 Å². The van der Waals surface area contributed by atoms with E-state index in [0.717, 1.165) is 24.1 Å². The van der Waals surface area contributed by atoms with E-state index in [4.69, 9.17) is 4.74 Å². The molecule has 1 saturated heterocycles. The third-order valence-electron chi connectivity index (χ3n) is 7.84. The third kappa shape index (κ3) is 4.65. The van der Waals surface area contributed by atoms with Crippen LogP contribution in [0, 0.1) is 6.92 Å². The van der Waals surface area contributed by atoms with E-state index in [0.29, 0.717) is 47.0 Å². The average Bonchev–Trinajstić information content (AvgIpc) is 3.68. The summed E-state index contributed by atoms with van der Waals surface area (Å²) in [6, 6.07) is 12.6. The van der Waals surface area contributed by atoms with Crippen LogP contribution in [0.15, 0.2) is 65.8 Å². The summed E-state index contributed by atoms with van der Waals surface area (Å²) < 4.78 is 9.78.